The van der Waals surface area contributed by atoms with E-state index < -0.39 is 11.3 Å². The zero-order valence-electron chi connectivity index (χ0n) is 8.56. The molecule has 14 heavy (non-hydrogen) atoms. The molecule has 1 rings (SSSR count). The van der Waals surface area contributed by atoms with Crippen LogP contribution in [0.25, 0.3) is 0 Å². The minimum Gasteiger partial charge on any atom is -0.760 e. The highest BCUT2D eigenvalue weighted by Gasteiger charge is 1.84. The first-order chi connectivity index (χ1) is 6.45. The number of hydrogen-bond acceptors (Lipinski definition) is 3. The van der Waals surface area contributed by atoms with Crippen molar-refractivity contribution in [3.05, 3.63) is 29.8 Å². The predicted molar refractivity (Wildman–Crippen MR) is 58.2 cm³/mol. The third-order valence-electron chi connectivity index (χ3n) is 1.49. The molecule has 1 aromatic carbocycles. The van der Waals surface area contributed by atoms with Crippen molar-refractivity contribution in [3.8, 4) is 0 Å². The fraction of sp³-hybridized carbons (Fsp3) is 0.333. The van der Waals surface area contributed by atoms with Crippen molar-refractivity contribution in [3.63, 3.8) is 0 Å². The van der Waals surface area contributed by atoms with Crippen LogP contribution < -0.4 is 5.73 Å². The summed E-state index contributed by atoms with van der Waals surface area (Å²) in [5.41, 5.74) is 7.53. The van der Waals surface area contributed by atoms with Crippen LogP contribution in [-0.2, 0) is 11.3 Å². The Bertz CT molecular complexity index is 282. The average Bonchev–Trinajstić information content (AvgIpc) is 2.11. The summed E-state index contributed by atoms with van der Waals surface area (Å²) in [6, 6.07) is 7.80. The summed E-state index contributed by atoms with van der Waals surface area (Å²) in [4.78, 5) is 0. The number of nitrogens with zero attached hydrogens (tertiary/aromatic N) is 1. The maximum atomic E-state index is 9.62. The van der Waals surface area contributed by atoms with Crippen LogP contribution in [0, 0.1) is 6.92 Å². The molecule has 1 aromatic rings. The molecule has 1 atom stereocenters. The minimum atomic E-state index is -2.03. The Kier molecular flexibility index (Phi) is 6.11. The lowest BCUT2D eigenvalue weighted by Gasteiger charge is -2.10. The highest BCUT2D eigenvalue weighted by atomic mass is 32.2. The quantitative estimate of drug-likeness (QED) is 0.559. The molecule has 4 nitrogen and oxygen atoms in total. The molecule has 2 N–H and O–H groups in total. The van der Waals surface area contributed by atoms with E-state index in [0.29, 0.717) is 0 Å². The monoisotopic (exact) mass is 215 g/mol. The lowest BCUT2D eigenvalue weighted by Crippen LogP contribution is -2.13. The second kappa shape index (κ2) is 6.53. The first kappa shape index (κ1) is 13.1. The van der Waals surface area contributed by atoms with Crippen LogP contribution in [0.15, 0.2) is 24.3 Å². The van der Waals surface area contributed by atoms with E-state index in [2.05, 4.69) is 0 Å². The van der Waals surface area contributed by atoms with Crippen LogP contribution in [0.3, 0.4) is 0 Å². The van der Waals surface area contributed by atoms with Gasteiger partial charge in [0.2, 0.25) is 0 Å². The van der Waals surface area contributed by atoms with Gasteiger partial charge in [0, 0.05) is 17.0 Å². The van der Waals surface area contributed by atoms with E-state index in [-0.39, 0.29) is 0 Å². The minimum absolute atomic E-state index is 0.868. The molecule has 0 fully saturated rings. The summed E-state index contributed by atoms with van der Waals surface area (Å²) in [5, 5.41) is 0. The molecule has 0 heterocycles. The number of nitrogens with two attached hydrogens (primary N) is 1. The van der Waals surface area contributed by atoms with Crippen molar-refractivity contribution in [2.75, 3.05) is 19.8 Å². The molecule has 80 valence electrons. The van der Waals surface area contributed by atoms with Gasteiger partial charge >= 0.3 is 0 Å². The van der Waals surface area contributed by atoms with E-state index >= 15 is 0 Å². The van der Waals surface area contributed by atoms with Gasteiger partial charge in [0.05, 0.1) is 0 Å². The van der Waals surface area contributed by atoms with Crippen LogP contribution >= 0.6 is 0 Å². The fourth-order valence-electron chi connectivity index (χ4n) is 0.587. The molecule has 0 aliphatic heterocycles. The van der Waals surface area contributed by atoms with Gasteiger partial charge in [-0.05, 0) is 32.6 Å². The van der Waals surface area contributed by atoms with Gasteiger partial charge in [-0.25, -0.2) is 4.31 Å². The smallest absolute Gasteiger partial charge is 0.0343 e. The first-order valence-electron chi connectivity index (χ1n) is 4.03. The molecule has 0 spiro atoms. The number of nitrogen functional groups attached to an aromatic ring is 1. The highest BCUT2D eigenvalue weighted by molar-refractivity contribution is 7.76. The zero-order valence-corrected chi connectivity index (χ0v) is 9.38. The van der Waals surface area contributed by atoms with Gasteiger partial charge in [0.25, 0.3) is 0 Å². The molecular weight excluding hydrogens is 200 g/mol. The molecule has 0 saturated carbocycles. The number of anilines is 1. The molecule has 0 saturated heterocycles. The summed E-state index contributed by atoms with van der Waals surface area (Å²) in [5.74, 6) is 0. The summed E-state index contributed by atoms with van der Waals surface area (Å²) in [6.45, 7) is 2.00. The summed E-state index contributed by atoms with van der Waals surface area (Å²) in [7, 11) is 2.92. The van der Waals surface area contributed by atoms with E-state index in [9.17, 15) is 8.76 Å². The predicted octanol–water partition coefficient (Wildman–Crippen LogP) is 0.919. The first-order valence-corrected chi connectivity index (χ1v) is 5.06. The number of rotatable bonds is 1. The maximum absolute atomic E-state index is 9.62. The van der Waals surface area contributed by atoms with E-state index in [0.717, 1.165) is 15.6 Å². The molecule has 0 aliphatic carbocycles. The van der Waals surface area contributed by atoms with Gasteiger partial charge in [-0.15, -0.1) is 0 Å². The van der Waals surface area contributed by atoms with E-state index in [1.54, 1.807) is 0 Å². The highest BCUT2D eigenvalue weighted by Crippen LogP contribution is 2.06. The third kappa shape index (κ3) is 5.69. The Hall–Kier alpha value is -0.910. The fourth-order valence-corrected chi connectivity index (χ4v) is 0.587. The van der Waals surface area contributed by atoms with Gasteiger partial charge in [-0.3, -0.25) is 4.21 Å². The Labute approximate surface area is 87.1 Å². The Morgan fingerprint density at radius 3 is 2.00 bits per heavy atom. The standard InChI is InChI=1S/C7H9N.C2H7NO2S/c1-6-4-2-3-5-7(6)8;1-3(2)6(4)5/h2-5H,8H2,1H3;1-2H3,(H,4,5)/p-1. The SMILES string of the molecule is CN(C)S(=O)[O-].Cc1ccccc1N. The van der Waals surface area contributed by atoms with Crippen molar-refractivity contribution in [2.24, 2.45) is 0 Å². The summed E-state index contributed by atoms with van der Waals surface area (Å²) >= 11 is -2.03. The number of aryl methyl sites for hydroxylation is 1. The van der Waals surface area contributed by atoms with E-state index in [1.807, 2.05) is 31.2 Å². The Morgan fingerprint density at radius 2 is 1.79 bits per heavy atom. The lowest BCUT2D eigenvalue weighted by atomic mass is 10.2. The lowest BCUT2D eigenvalue weighted by molar-refractivity contribution is 0.470. The van der Waals surface area contributed by atoms with Crippen LogP contribution in [0.5, 0.6) is 0 Å². The molecule has 5 heteroatoms. The topological polar surface area (TPSA) is 69.4 Å². The second-order valence-electron chi connectivity index (χ2n) is 2.89. The van der Waals surface area contributed by atoms with E-state index in [1.165, 1.54) is 14.1 Å². The van der Waals surface area contributed by atoms with Gasteiger partial charge in [0.15, 0.2) is 0 Å². The van der Waals surface area contributed by atoms with E-state index in [4.69, 9.17) is 5.73 Å². The molecule has 0 amide bonds. The van der Waals surface area contributed by atoms with Gasteiger partial charge in [-0.2, -0.15) is 0 Å². The molecule has 0 radical (unpaired) electrons. The van der Waals surface area contributed by atoms with Crippen molar-refractivity contribution < 1.29 is 8.76 Å². The van der Waals surface area contributed by atoms with Gasteiger partial charge in [-0.1, -0.05) is 18.2 Å². The van der Waals surface area contributed by atoms with Crippen LogP contribution in [-0.4, -0.2) is 27.2 Å². The largest absolute Gasteiger partial charge is 0.760 e. The summed E-state index contributed by atoms with van der Waals surface area (Å²) in [6.07, 6.45) is 0. The van der Waals surface area contributed by atoms with Crippen molar-refractivity contribution >= 4 is 17.0 Å². The van der Waals surface area contributed by atoms with Crippen LogP contribution in [0.4, 0.5) is 5.69 Å². The Balaban J connectivity index is 0.000000255. The number of benzene rings is 1. The molecular formula is C9H15N2O2S-. The maximum Gasteiger partial charge on any atom is 0.0343 e. The van der Waals surface area contributed by atoms with Crippen molar-refractivity contribution in [2.45, 2.75) is 6.92 Å². The van der Waals surface area contributed by atoms with Gasteiger partial charge < -0.3 is 10.3 Å². The molecule has 0 aromatic heterocycles. The van der Waals surface area contributed by atoms with Crippen LogP contribution in [0.1, 0.15) is 5.56 Å². The normalized spacial score (nSPS) is 11.8. The van der Waals surface area contributed by atoms with Crippen LogP contribution in [0.2, 0.25) is 0 Å². The van der Waals surface area contributed by atoms with Crippen molar-refractivity contribution in [1.29, 1.82) is 0 Å². The van der Waals surface area contributed by atoms with Crippen molar-refractivity contribution in [1.82, 2.24) is 4.31 Å². The second-order valence-corrected chi connectivity index (χ2v) is 4.05. The summed E-state index contributed by atoms with van der Waals surface area (Å²) < 4.78 is 20.3. The molecule has 0 bridgehead atoms. The average molecular weight is 215 g/mol. The number of hydrogen-bond donors (Lipinski definition) is 1. The zero-order chi connectivity index (χ0) is 11.1. The Morgan fingerprint density at radius 1 is 1.36 bits per heavy atom. The number of para-hydroxylation sites is 1. The third-order valence-corrected chi connectivity index (χ3v) is 2.08. The molecule has 0 aliphatic rings. The van der Waals surface area contributed by atoms with Gasteiger partial charge in [0.1, 0.15) is 0 Å². The molecule has 1 unspecified atom stereocenters.